The Bertz CT molecular complexity index is 2230. The van der Waals surface area contributed by atoms with Crippen molar-refractivity contribution in [3.8, 4) is 11.3 Å². The molecule has 6 rings (SSSR count). The zero-order valence-electron chi connectivity index (χ0n) is 26.5. The lowest BCUT2D eigenvalue weighted by molar-refractivity contribution is -0.116. The first-order valence-electron chi connectivity index (χ1n) is 15.4. The molecule has 0 saturated heterocycles. The van der Waals surface area contributed by atoms with E-state index in [1.807, 2.05) is 41.8 Å². The van der Waals surface area contributed by atoms with Gasteiger partial charge in [-0.3, -0.25) is 14.4 Å². The number of thiazole rings is 1. The molecule has 6 aromatic rings. The maximum absolute atomic E-state index is 14.6. The van der Waals surface area contributed by atoms with Crippen LogP contribution in [0.5, 0.6) is 0 Å². The molecule has 1 atom stereocenters. The zero-order chi connectivity index (χ0) is 35.7. The van der Waals surface area contributed by atoms with Gasteiger partial charge in [0.05, 0.1) is 15.7 Å². The van der Waals surface area contributed by atoms with Crippen molar-refractivity contribution in [1.29, 1.82) is 0 Å². The molecule has 0 fully saturated rings. The Hall–Kier alpha value is -5.26. The van der Waals surface area contributed by atoms with E-state index in [-0.39, 0.29) is 17.2 Å². The number of carbonyl (C=O) groups excluding carboxylic acids is 3. The topological polar surface area (TPSA) is 100 Å². The molecule has 0 spiro atoms. The van der Waals surface area contributed by atoms with Gasteiger partial charge in [0.25, 0.3) is 11.8 Å². The highest BCUT2D eigenvalue weighted by atomic mass is 35.5. The van der Waals surface area contributed by atoms with Crippen LogP contribution in [0.15, 0.2) is 143 Å². The van der Waals surface area contributed by atoms with Crippen molar-refractivity contribution >= 4 is 80.9 Å². The van der Waals surface area contributed by atoms with E-state index in [1.165, 1.54) is 47.4 Å². The largest absolute Gasteiger partial charge is 0.321 e. The van der Waals surface area contributed by atoms with Gasteiger partial charge >= 0.3 is 0 Å². The molecule has 51 heavy (non-hydrogen) atoms. The van der Waals surface area contributed by atoms with Crippen molar-refractivity contribution in [2.45, 2.75) is 10.1 Å². The van der Waals surface area contributed by atoms with Crippen LogP contribution in [0.4, 0.5) is 15.2 Å². The highest BCUT2D eigenvalue weighted by molar-refractivity contribution is 8.00. The fourth-order valence-electron chi connectivity index (χ4n) is 4.86. The average Bonchev–Trinajstić information content (AvgIpc) is 3.61. The summed E-state index contributed by atoms with van der Waals surface area (Å²) in [7, 11) is 0. The molecule has 0 saturated carbocycles. The Morgan fingerprint density at radius 3 is 2.25 bits per heavy atom. The third-order valence-corrected chi connectivity index (χ3v) is 10.1. The lowest BCUT2D eigenvalue weighted by Gasteiger charge is -2.17. The summed E-state index contributed by atoms with van der Waals surface area (Å²) in [6, 6.07) is 35.8. The summed E-state index contributed by atoms with van der Waals surface area (Å²) in [4.78, 5) is 45.7. The van der Waals surface area contributed by atoms with Gasteiger partial charge in [-0.15, -0.1) is 23.1 Å². The number of nitrogens with one attached hydrogen (secondary N) is 3. The molecule has 254 valence electrons. The van der Waals surface area contributed by atoms with E-state index in [0.717, 1.165) is 11.1 Å². The van der Waals surface area contributed by atoms with Crippen molar-refractivity contribution in [1.82, 2.24) is 10.3 Å². The molecule has 5 aromatic carbocycles. The third kappa shape index (κ3) is 9.30. The van der Waals surface area contributed by atoms with Gasteiger partial charge in [-0.05, 0) is 60.2 Å². The fourth-order valence-corrected chi connectivity index (χ4v) is 6.97. The SMILES string of the molecule is O=C(Nc1cccc(SC(C(=O)Nc2nc(-c3ccc(Cl)c(Cl)c3)cs2)c2ccccc2)c1)/C(=C/c1ccccc1F)NC(=O)c1ccccc1. The molecule has 1 heterocycles. The predicted octanol–water partition coefficient (Wildman–Crippen LogP) is 10.1. The lowest BCUT2D eigenvalue weighted by atomic mass is 10.1. The van der Waals surface area contributed by atoms with Gasteiger partial charge < -0.3 is 16.0 Å². The van der Waals surface area contributed by atoms with Crippen LogP contribution in [-0.4, -0.2) is 22.7 Å². The van der Waals surface area contributed by atoms with Crippen LogP contribution in [0, 0.1) is 5.82 Å². The molecular formula is C39H27Cl2FN4O3S2. The summed E-state index contributed by atoms with van der Waals surface area (Å²) in [5.41, 5.74) is 2.87. The monoisotopic (exact) mass is 752 g/mol. The number of thioether (sulfide) groups is 1. The first kappa shape index (κ1) is 35.6. The number of carbonyl (C=O) groups is 3. The van der Waals surface area contributed by atoms with Crippen LogP contribution >= 0.6 is 46.3 Å². The fraction of sp³-hybridized carbons (Fsp3) is 0.0256. The van der Waals surface area contributed by atoms with E-state index in [1.54, 1.807) is 72.8 Å². The predicted molar refractivity (Wildman–Crippen MR) is 205 cm³/mol. The van der Waals surface area contributed by atoms with Crippen molar-refractivity contribution in [3.05, 3.63) is 171 Å². The van der Waals surface area contributed by atoms with Gasteiger partial charge in [0.2, 0.25) is 5.91 Å². The van der Waals surface area contributed by atoms with Crippen molar-refractivity contribution in [2.24, 2.45) is 0 Å². The summed E-state index contributed by atoms with van der Waals surface area (Å²) in [5, 5.41) is 10.8. The van der Waals surface area contributed by atoms with Crippen LogP contribution in [0.1, 0.15) is 26.7 Å². The van der Waals surface area contributed by atoms with E-state index < -0.39 is 22.9 Å². The number of hydrogen-bond donors (Lipinski definition) is 3. The molecule has 0 radical (unpaired) electrons. The average molecular weight is 754 g/mol. The van der Waals surface area contributed by atoms with Gasteiger partial charge in [-0.25, -0.2) is 9.37 Å². The summed E-state index contributed by atoms with van der Waals surface area (Å²) in [6.07, 6.45) is 1.28. The molecule has 0 aliphatic heterocycles. The van der Waals surface area contributed by atoms with Crippen LogP contribution in [0.25, 0.3) is 17.3 Å². The van der Waals surface area contributed by atoms with E-state index in [2.05, 4.69) is 20.9 Å². The minimum atomic E-state index is -0.684. The molecular weight excluding hydrogens is 726 g/mol. The Balaban J connectivity index is 1.21. The van der Waals surface area contributed by atoms with Crippen LogP contribution in [0.3, 0.4) is 0 Å². The highest BCUT2D eigenvalue weighted by Crippen LogP contribution is 2.38. The molecule has 0 bridgehead atoms. The van der Waals surface area contributed by atoms with E-state index in [4.69, 9.17) is 23.2 Å². The number of halogens is 3. The van der Waals surface area contributed by atoms with Crippen LogP contribution in [0.2, 0.25) is 10.0 Å². The Morgan fingerprint density at radius 2 is 1.51 bits per heavy atom. The van der Waals surface area contributed by atoms with Crippen molar-refractivity contribution < 1.29 is 18.8 Å². The first-order valence-corrected chi connectivity index (χ1v) is 17.9. The molecule has 1 unspecified atom stereocenters. The highest BCUT2D eigenvalue weighted by Gasteiger charge is 2.24. The Morgan fingerprint density at radius 1 is 0.784 bits per heavy atom. The molecule has 0 aliphatic carbocycles. The quantitative estimate of drug-likeness (QED) is 0.0904. The van der Waals surface area contributed by atoms with Gasteiger partial charge in [0.15, 0.2) is 5.13 Å². The number of anilines is 2. The number of benzene rings is 5. The maximum Gasteiger partial charge on any atom is 0.272 e. The van der Waals surface area contributed by atoms with Gasteiger partial charge in [-0.2, -0.15) is 0 Å². The second-order valence-corrected chi connectivity index (χ2v) is 13.8. The summed E-state index contributed by atoms with van der Waals surface area (Å²) in [6.45, 7) is 0. The van der Waals surface area contributed by atoms with Gasteiger partial charge in [0, 0.05) is 32.7 Å². The third-order valence-electron chi connectivity index (χ3n) is 7.37. The minimum absolute atomic E-state index is 0.126. The van der Waals surface area contributed by atoms with Gasteiger partial charge in [0.1, 0.15) is 16.8 Å². The van der Waals surface area contributed by atoms with Crippen molar-refractivity contribution in [2.75, 3.05) is 10.6 Å². The Labute approximate surface area is 311 Å². The smallest absolute Gasteiger partial charge is 0.272 e. The zero-order valence-corrected chi connectivity index (χ0v) is 29.6. The van der Waals surface area contributed by atoms with Crippen LogP contribution < -0.4 is 16.0 Å². The van der Waals surface area contributed by atoms with Gasteiger partial charge in [-0.1, -0.05) is 102 Å². The summed E-state index contributed by atoms with van der Waals surface area (Å²) < 4.78 is 14.6. The Kier molecular flexibility index (Phi) is 11.6. The van der Waals surface area contributed by atoms with Crippen molar-refractivity contribution in [3.63, 3.8) is 0 Å². The number of rotatable bonds is 11. The molecule has 0 aliphatic rings. The molecule has 7 nitrogen and oxygen atoms in total. The first-order chi connectivity index (χ1) is 24.7. The number of hydrogen-bond acceptors (Lipinski definition) is 6. The van der Waals surface area contributed by atoms with E-state index in [9.17, 15) is 18.8 Å². The second-order valence-electron chi connectivity index (χ2n) is 10.9. The lowest BCUT2D eigenvalue weighted by Crippen LogP contribution is -2.30. The molecule has 3 N–H and O–H groups in total. The number of aromatic nitrogens is 1. The normalized spacial score (nSPS) is 11.8. The molecule has 12 heteroatoms. The van der Waals surface area contributed by atoms with E-state index >= 15 is 0 Å². The minimum Gasteiger partial charge on any atom is -0.321 e. The number of amides is 3. The number of nitrogens with zero attached hydrogens (tertiary/aromatic N) is 1. The summed E-state index contributed by atoms with van der Waals surface area (Å²) >= 11 is 14.8. The summed E-state index contributed by atoms with van der Waals surface area (Å²) in [5.74, 6) is -2.04. The maximum atomic E-state index is 14.6. The second kappa shape index (κ2) is 16.6. The van der Waals surface area contributed by atoms with Crippen LogP contribution in [-0.2, 0) is 9.59 Å². The molecule has 3 amide bonds. The van der Waals surface area contributed by atoms with E-state index in [0.29, 0.717) is 37.0 Å². The standard InChI is InChI=1S/C39H27Cl2FN4O3S2/c40-30-19-18-27(20-31(30)41)34-23-50-39(45-34)46-38(49)35(24-10-3-1-4-11-24)51-29-16-9-15-28(22-29)43-37(48)33(21-26-14-7-8-17-32(26)42)44-36(47)25-12-5-2-6-13-25/h1-23,35H,(H,43,48)(H,44,47)(H,45,46,49)/b33-21-. The molecule has 1 aromatic heterocycles.